The van der Waals surface area contributed by atoms with E-state index in [0.717, 1.165) is 37.4 Å². The Morgan fingerprint density at radius 3 is 2.11 bits per heavy atom. The number of carbonyl (C=O) groups is 1. The molecule has 0 saturated heterocycles. The third-order valence-corrected chi connectivity index (χ3v) is 20.9. The Morgan fingerprint density at radius 1 is 1.00 bits per heavy atom. The zero-order valence-corrected chi connectivity index (χ0v) is 28.0. The number of hydrogen-bond acceptors (Lipinski definition) is 4. The largest absolute Gasteiger partial charge is 0.414 e. The van der Waals surface area contributed by atoms with Gasteiger partial charge in [-0.15, -0.1) is 0 Å². The van der Waals surface area contributed by atoms with Crippen molar-refractivity contribution >= 4 is 22.4 Å². The van der Waals surface area contributed by atoms with E-state index in [1.54, 1.807) is 0 Å². The molecule has 4 nitrogen and oxygen atoms in total. The van der Waals surface area contributed by atoms with E-state index < -0.39 is 28.6 Å². The molecule has 0 radical (unpaired) electrons. The van der Waals surface area contributed by atoms with E-state index in [1.807, 2.05) is 0 Å². The van der Waals surface area contributed by atoms with E-state index >= 15 is 0 Å². The molecule has 8 atom stereocenters. The van der Waals surface area contributed by atoms with Crippen molar-refractivity contribution in [3.8, 4) is 0 Å². The van der Waals surface area contributed by atoms with Crippen molar-refractivity contribution in [1.29, 1.82) is 0 Å². The molecule has 3 aliphatic rings. The average Bonchev–Trinajstić information content (AvgIpc) is 2.75. The molecule has 1 N–H and O–H groups in total. The zero-order chi connectivity index (χ0) is 29.8. The highest BCUT2D eigenvalue weighted by Gasteiger charge is 2.64. The summed E-state index contributed by atoms with van der Waals surface area (Å²) in [5, 5.41) is 10.5. The van der Waals surface area contributed by atoms with Gasteiger partial charge in [-0.05, 0) is 96.4 Å². The van der Waals surface area contributed by atoms with Gasteiger partial charge in [0.25, 0.3) is 0 Å². The maximum absolute atomic E-state index is 13.5. The minimum atomic E-state index is -2.33. The smallest absolute Gasteiger partial charge is 0.192 e. The van der Waals surface area contributed by atoms with Crippen molar-refractivity contribution in [3.05, 3.63) is 0 Å². The number of carbonyl (C=O) groups excluding carboxylic acids is 1. The van der Waals surface area contributed by atoms with Crippen molar-refractivity contribution in [3.63, 3.8) is 0 Å². The molecule has 0 aromatic rings. The number of fused-ring (bicyclic) bond motifs is 3. The van der Waals surface area contributed by atoms with Gasteiger partial charge in [-0.25, -0.2) is 0 Å². The molecule has 216 valence electrons. The van der Waals surface area contributed by atoms with Crippen LogP contribution >= 0.6 is 0 Å². The first-order valence-electron chi connectivity index (χ1n) is 16.3. The molecule has 0 aromatic carbocycles. The third-order valence-electron chi connectivity index (χ3n) is 11.7. The van der Waals surface area contributed by atoms with Crippen molar-refractivity contribution in [1.82, 2.24) is 0 Å². The third kappa shape index (κ3) is 5.89. The molecular weight excluding hydrogens is 493 g/mol. The van der Waals surface area contributed by atoms with Crippen LogP contribution in [0.15, 0.2) is 0 Å². The second-order valence-electron chi connectivity index (χ2n) is 15.3. The number of Topliss-reactive ketones (excluding diaryl/α,β-unsaturated/α-hetero) is 1. The highest BCUT2D eigenvalue weighted by Crippen LogP contribution is 2.66. The second kappa shape index (κ2) is 11.1. The van der Waals surface area contributed by atoms with Gasteiger partial charge in [-0.3, -0.25) is 4.79 Å². The highest BCUT2D eigenvalue weighted by atomic mass is 28.4. The molecule has 3 fully saturated rings. The van der Waals surface area contributed by atoms with E-state index in [4.69, 9.17) is 11.6 Å². The Hall–Kier alpha value is -0.0162. The molecule has 0 bridgehead atoms. The first-order valence-corrected chi connectivity index (χ1v) is 20.7. The van der Waals surface area contributed by atoms with Gasteiger partial charge < -0.3 is 14.0 Å². The zero-order valence-electron chi connectivity index (χ0n) is 28.0. The minimum Gasteiger partial charge on any atom is -0.414 e. The fourth-order valence-corrected chi connectivity index (χ4v) is 12.9. The van der Waals surface area contributed by atoms with E-state index in [0.29, 0.717) is 30.6 Å². The normalized spacial score (nSPS) is 40.5. The molecule has 0 aliphatic heterocycles. The summed E-state index contributed by atoms with van der Waals surface area (Å²) < 4.78 is 30.9. The van der Waals surface area contributed by atoms with Crippen molar-refractivity contribution < 1.29 is 21.5 Å². The lowest BCUT2D eigenvalue weighted by Crippen LogP contribution is -2.65. The number of hydrogen-bond donors (Lipinski definition) is 1. The molecule has 37 heavy (non-hydrogen) atoms. The van der Waals surface area contributed by atoms with Crippen LogP contribution in [0.1, 0.15) is 104 Å². The summed E-state index contributed by atoms with van der Waals surface area (Å²) in [4.78, 5) is 13.5. The lowest BCUT2D eigenvalue weighted by atomic mass is 9.42. The molecule has 0 spiro atoms. The first-order chi connectivity index (χ1) is 17.7. The summed E-state index contributed by atoms with van der Waals surface area (Å²) >= 11 is 0. The van der Waals surface area contributed by atoms with Crippen molar-refractivity contribution in [2.24, 2.45) is 34.5 Å². The molecule has 3 rings (SSSR count). The van der Waals surface area contributed by atoms with Crippen LogP contribution in [-0.4, -0.2) is 46.3 Å². The molecule has 3 saturated carbocycles. The van der Waals surface area contributed by atoms with E-state index in [9.17, 15) is 9.90 Å². The fourth-order valence-electron chi connectivity index (χ4n) is 8.68. The van der Waals surface area contributed by atoms with E-state index in [-0.39, 0.29) is 40.8 Å². The summed E-state index contributed by atoms with van der Waals surface area (Å²) in [5.74, 6) is 1.42. The minimum absolute atomic E-state index is 0.0109. The summed E-state index contributed by atoms with van der Waals surface area (Å²) in [6, 6.07) is 3.40. The lowest BCUT2D eigenvalue weighted by Gasteiger charge is -2.65. The van der Waals surface area contributed by atoms with Crippen LogP contribution in [0.2, 0.25) is 36.3 Å². The maximum atomic E-state index is 13.5. The maximum Gasteiger partial charge on any atom is 0.192 e. The summed E-state index contributed by atoms with van der Waals surface area (Å²) in [6.07, 6.45) is 4.00. The molecule has 3 aliphatic carbocycles. The van der Waals surface area contributed by atoms with Gasteiger partial charge in [-0.1, -0.05) is 62.3 Å². The topological polar surface area (TPSA) is 55.8 Å². The number of rotatable bonds is 9. The second-order valence-corrected chi connectivity index (χ2v) is 24.7. The van der Waals surface area contributed by atoms with Gasteiger partial charge in [0.05, 0.1) is 2.74 Å². The Morgan fingerprint density at radius 2 is 1.59 bits per heavy atom. The van der Waals surface area contributed by atoms with Crippen molar-refractivity contribution in [2.45, 2.75) is 149 Å². The Labute approximate surface area is 234 Å². The van der Waals surface area contributed by atoms with Gasteiger partial charge >= 0.3 is 0 Å². The lowest BCUT2D eigenvalue weighted by molar-refractivity contribution is -0.194. The fraction of sp³-hybridized carbons (Fsp3) is 0.968. The van der Waals surface area contributed by atoms with Gasteiger partial charge in [0.1, 0.15) is 5.78 Å². The van der Waals surface area contributed by atoms with Crippen LogP contribution in [0.25, 0.3) is 0 Å². The van der Waals surface area contributed by atoms with Gasteiger partial charge in [0, 0.05) is 31.6 Å². The van der Waals surface area contributed by atoms with E-state index in [2.05, 4.69) is 75.4 Å². The first kappa shape index (κ1) is 28.5. The SMILES string of the molecule is [2H]C([2H])(O)C[C@]1(C)CC(=O)C[C@@]2(C)[C@@H]3C[C@@H](C)C[C@@H](O[Si](CC)(CC)CC)[C@H]3C[C@H](O[Si](C)(C)C(C)(C)C)[C@H]12. The predicted octanol–water partition coefficient (Wildman–Crippen LogP) is 8.21. The van der Waals surface area contributed by atoms with E-state index in [1.165, 1.54) is 0 Å². The van der Waals surface area contributed by atoms with Crippen LogP contribution in [0, 0.1) is 34.5 Å². The summed E-state index contributed by atoms with van der Waals surface area (Å²) in [5.41, 5.74) is -0.970. The number of ketones is 1. The molecule has 0 aromatic heterocycles. The quantitative estimate of drug-likeness (QED) is 0.292. The van der Waals surface area contributed by atoms with Crippen LogP contribution in [0.5, 0.6) is 0 Å². The average molecular weight is 555 g/mol. The Bertz CT molecular complexity index is 873. The highest BCUT2D eigenvalue weighted by molar-refractivity contribution is 6.74. The van der Waals surface area contributed by atoms with Crippen LogP contribution in [0.3, 0.4) is 0 Å². The molecular formula is C31H60O4Si2. The molecule has 0 amide bonds. The Kier molecular flexibility index (Phi) is 8.55. The van der Waals surface area contributed by atoms with Gasteiger partial charge in [-0.2, -0.15) is 0 Å². The van der Waals surface area contributed by atoms with Crippen molar-refractivity contribution in [2.75, 3.05) is 6.56 Å². The van der Waals surface area contributed by atoms with Gasteiger partial charge in [0.15, 0.2) is 16.6 Å². The Balaban J connectivity index is 2.16. The van der Waals surface area contributed by atoms with Gasteiger partial charge in [0.2, 0.25) is 0 Å². The molecule has 0 unspecified atom stereocenters. The summed E-state index contributed by atoms with van der Waals surface area (Å²) in [7, 11) is -4.01. The van der Waals surface area contributed by atoms with Crippen LogP contribution in [0.4, 0.5) is 0 Å². The molecule has 0 heterocycles. The monoisotopic (exact) mass is 554 g/mol. The number of aliphatic hydroxyl groups is 1. The summed E-state index contributed by atoms with van der Waals surface area (Å²) in [6.45, 7) is 22.8. The van der Waals surface area contributed by atoms with Crippen LogP contribution < -0.4 is 0 Å². The molecule has 6 heteroatoms. The predicted molar refractivity (Wildman–Crippen MR) is 160 cm³/mol. The van der Waals surface area contributed by atoms with Crippen LogP contribution in [-0.2, 0) is 13.6 Å². The standard InChI is InChI=1S/C31H60O4Si2/c1-12-37(13-2,14-3)35-26-18-22(4)17-25-24(26)19-27(34-36(10,11)29(5,6)7)28-30(8,15-16-32)20-23(33)21-31(25,28)9/h22,24-28,32H,12-21H2,1-11H3/t22-,24+,25-,26-,27+,28-,30-,31+/m1/s1/i16D2.